The van der Waals surface area contributed by atoms with E-state index in [9.17, 15) is 9.18 Å². The van der Waals surface area contributed by atoms with Crippen molar-refractivity contribution >= 4 is 5.91 Å². The van der Waals surface area contributed by atoms with Crippen molar-refractivity contribution in [2.24, 2.45) is 0 Å². The van der Waals surface area contributed by atoms with Crippen molar-refractivity contribution in [3.05, 3.63) is 82.4 Å². The van der Waals surface area contributed by atoms with Crippen LogP contribution >= 0.6 is 0 Å². The number of aromatic nitrogens is 2. The number of carbonyl (C=O) groups excluding carboxylic acids is 1. The van der Waals surface area contributed by atoms with Gasteiger partial charge in [0.15, 0.2) is 5.69 Å². The highest BCUT2D eigenvalue weighted by Gasteiger charge is 2.24. The number of benzene rings is 2. The van der Waals surface area contributed by atoms with E-state index in [0.717, 1.165) is 41.1 Å². The van der Waals surface area contributed by atoms with Gasteiger partial charge in [-0.1, -0.05) is 24.3 Å². The number of halogens is 1. The van der Waals surface area contributed by atoms with Gasteiger partial charge >= 0.3 is 0 Å². The van der Waals surface area contributed by atoms with E-state index >= 15 is 0 Å². The molecule has 2 heterocycles. The third-order valence-electron chi connectivity index (χ3n) is 5.20. The number of hydrogen-bond acceptors (Lipinski definition) is 4. The predicted molar refractivity (Wildman–Crippen MR) is 107 cm³/mol. The largest absolute Gasteiger partial charge is 0.497 e. The van der Waals surface area contributed by atoms with E-state index in [1.165, 1.54) is 12.1 Å². The second kappa shape index (κ2) is 8.45. The number of carbonyl (C=O) groups is 1. The standard InChI is InChI=1S/C22H23FN4O2/c1-29-17-8-4-15(5-9-17)20(12-14-2-6-16(23)7-3-14)25-22(28)21-18-13-24-11-10-19(18)26-27-21/h2-9,20,24H,10-13H2,1H3,(H,25,28)(H,26,27). The molecule has 0 saturated carbocycles. The molecule has 1 aliphatic rings. The number of nitrogens with zero attached hydrogens (tertiary/aromatic N) is 1. The highest BCUT2D eigenvalue weighted by Crippen LogP contribution is 2.23. The molecule has 3 aromatic rings. The fourth-order valence-corrected chi connectivity index (χ4v) is 3.58. The first kappa shape index (κ1) is 19.1. The summed E-state index contributed by atoms with van der Waals surface area (Å²) in [4.78, 5) is 13.0. The van der Waals surface area contributed by atoms with Crippen molar-refractivity contribution in [1.29, 1.82) is 0 Å². The molecule has 0 bridgehead atoms. The summed E-state index contributed by atoms with van der Waals surface area (Å²) in [6.07, 6.45) is 1.36. The Bertz CT molecular complexity index is 983. The van der Waals surface area contributed by atoms with Gasteiger partial charge in [-0.25, -0.2) is 4.39 Å². The average molecular weight is 394 g/mol. The minimum atomic E-state index is -0.289. The van der Waals surface area contributed by atoms with Crippen LogP contribution in [-0.2, 0) is 19.4 Å². The van der Waals surface area contributed by atoms with Crippen LogP contribution in [0.25, 0.3) is 0 Å². The van der Waals surface area contributed by atoms with Crippen molar-refractivity contribution < 1.29 is 13.9 Å². The average Bonchev–Trinajstić information content (AvgIpc) is 3.19. The van der Waals surface area contributed by atoms with E-state index in [1.807, 2.05) is 24.3 Å². The maximum atomic E-state index is 13.3. The molecule has 29 heavy (non-hydrogen) atoms. The zero-order valence-corrected chi connectivity index (χ0v) is 16.2. The Kier molecular flexibility index (Phi) is 5.57. The molecule has 0 saturated heterocycles. The fourth-order valence-electron chi connectivity index (χ4n) is 3.58. The van der Waals surface area contributed by atoms with Crippen LogP contribution in [0.2, 0.25) is 0 Å². The number of methoxy groups -OCH3 is 1. The van der Waals surface area contributed by atoms with Crippen LogP contribution < -0.4 is 15.4 Å². The highest BCUT2D eigenvalue weighted by molar-refractivity contribution is 5.94. The van der Waals surface area contributed by atoms with Gasteiger partial charge in [-0.3, -0.25) is 9.89 Å². The minimum Gasteiger partial charge on any atom is -0.497 e. The van der Waals surface area contributed by atoms with Gasteiger partial charge in [0.1, 0.15) is 11.6 Å². The molecule has 6 nitrogen and oxygen atoms in total. The molecule has 4 rings (SSSR count). The van der Waals surface area contributed by atoms with Gasteiger partial charge in [-0.05, 0) is 41.8 Å². The van der Waals surface area contributed by atoms with Crippen LogP contribution in [0.5, 0.6) is 5.75 Å². The molecule has 0 spiro atoms. The molecule has 0 aliphatic carbocycles. The van der Waals surface area contributed by atoms with Crippen LogP contribution in [0.4, 0.5) is 4.39 Å². The summed E-state index contributed by atoms with van der Waals surface area (Å²) in [6.45, 7) is 1.50. The molecule has 1 aromatic heterocycles. The predicted octanol–water partition coefficient (Wildman–Crippen LogP) is 2.92. The lowest BCUT2D eigenvalue weighted by molar-refractivity contribution is 0.0930. The monoisotopic (exact) mass is 394 g/mol. The summed E-state index contributed by atoms with van der Waals surface area (Å²) in [5.74, 6) is 0.233. The lowest BCUT2D eigenvalue weighted by atomic mass is 9.98. The van der Waals surface area contributed by atoms with E-state index < -0.39 is 0 Å². The smallest absolute Gasteiger partial charge is 0.272 e. The van der Waals surface area contributed by atoms with Crippen molar-refractivity contribution in [1.82, 2.24) is 20.8 Å². The molecule has 3 N–H and O–H groups in total. The topological polar surface area (TPSA) is 79.0 Å². The summed E-state index contributed by atoms with van der Waals surface area (Å²) >= 11 is 0. The molecule has 1 atom stereocenters. The molecule has 7 heteroatoms. The number of amides is 1. The fraction of sp³-hybridized carbons (Fsp3) is 0.273. The molecule has 150 valence electrons. The van der Waals surface area contributed by atoms with Crippen LogP contribution in [0.15, 0.2) is 48.5 Å². The second-order valence-electron chi connectivity index (χ2n) is 7.09. The Morgan fingerprint density at radius 2 is 1.97 bits per heavy atom. The molecular formula is C22H23FN4O2. The van der Waals surface area contributed by atoms with Gasteiger partial charge in [0.25, 0.3) is 5.91 Å². The maximum Gasteiger partial charge on any atom is 0.272 e. The Labute approximate surface area is 168 Å². The lowest BCUT2D eigenvalue weighted by Crippen LogP contribution is -2.32. The van der Waals surface area contributed by atoms with Crippen molar-refractivity contribution in [3.63, 3.8) is 0 Å². The molecule has 2 aromatic carbocycles. The normalized spacial score (nSPS) is 14.1. The van der Waals surface area contributed by atoms with Crippen LogP contribution in [0.3, 0.4) is 0 Å². The van der Waals surface area contributed by atoms with Crippen molar-refractivity contribution in [2.75, 3.05) is 13.7 Å². The Morgan fingerprint density at radius 3 is 2.69 bits per heavy atom. The first-order chi connectivity index (χ1) is 14.1. The second-order valence-corrected chi connectivity index (χ2v) is 7.09. The summed E-state index contributed by atoms with van der Waals surface area (Å²) in [5, 5.41) is 13.6. The third-order valence-corrected chi connectivity index (χ3v) is 5.20. The Balaban J connectivity index is 1.59. The number of ether oxygens (including phenoxy) is 1. The summed E-state index contributed by atoms with van der Waals surface area (Å²) in [5.41, 5.74) is 4.21. The number of fused-ring (bicyclic) bond motifs is 1. The number of hydrogen-bond donors (Lipinski definition) is 3. The highest BCUT2D eigenvalue weighted by atomic mass is 19.1. The number of H-pyrrole nitrogens is 1. The molecule has 0 radical (unpaired) electrons. The van der Waals surface area contributed by atoms with Gasteiger partial charge in [0.2, 0.25) is 0 Å². The molecule has 0 fully saturated rings. The van der Waals surface area contributed by atoms with Crippen LogP contribution in [0.1, 0.15) is 38.9 Å². The number of aromatic amines is 1. The quantitative estimate of drug-likeness (QED) is 0.601. The third kappa shape index (κ3) is 4.30. The zero-order chi connectivity index (χ0) is 20.2. The van der Waals surface area contributed by atoms with E-state index in [4.69, 9.17) is 4.74 Å². The van der Waals surface area contributed by atoms with Gasteiger partial charge in [-0.15, -0.1) is 0 Å². The van der Waals surface area contributed by atoms with E-state index in [1.54, 1.807) is 19.2 Å². The van der Waals surface area contributed by atoms with Crippen molar-refractivity contribution in [3.8, 4) is 5.75 Å². The molecular weight excluding hydrogens is 371 g/mol. The van der Waals surface area contributed by atoms with E-state index in [-0.39, 0.29) is 17.8 Å². The SMILES string of the molecule is COc1ccc(C(Cc2ccc(F)cc2)NC(=O)c2n[nH]c3c2CNCC3)cc1. The van der Waals surface area contributed by atoms with Gasteiger partial charge in [0.05, 0.1) is 13.2 Å². The van der Waals surface area contributed by atoms with Crippen LogP contribution in [-0.4, -0.2) is 29.8 Å². The Hall–Kier alpha value is -3.19. The van der Waals surface area contributed by atoms with Crippen molar-refractivity contribution in [2.45, 2.75) is 25.4 Å². The first-order valence-electron chi connectivity index (χ1n) is 9.60. The van der Waals surface area contributed by atoms with E-state index in [0.29, 0.717) is 18.7 Å². The molecule has 1 unspecified atom stereocenters. The summed E-state index contributed by atoms with van der Waals surface area (Å²) in [6, 6.07) is 13.6. The summed E-state index contributed by atoms with van der Waals surface area (Å²) < 4.78 is 18.5. The van der Waals surface area contributed by atoms with Gasteiger partial charge in [-0.2, -0.15) is 5.10 Å². The van der Waals surface area contributed by atoms with E-state index in [2.05, 4.69) is 20.8 Å². The number of nitrogens with one attached hydrogen (secondary N) is 3. The minimum absolute atomic E-state index is 0.228. The maximum absolute atomic E-state index is 13.3. The number of rotatable bonds is 6. The lowest BCUT2D eigenvalue weighted by Gasteiger charge is -2.20. The molecule has 1 aliphatic heterocycles. The Morgan fingerprint density at radius 1 is 1.21 bits per heavy atom. The first-order valence-corrected chi connectivity index (χ1v) is 9.60. The molecule has 1 amide bonds. The van der Waals surface area contributed by atoms with Gasteiger partial charge < -0.3 is 15.4 Å². The summed E-state index contributed by atoms with van der Waals surface area (Å²) in [7, 11) is 1.61. The van der Waals surface area contributed by atoms with Gasteiger partial charge in [0, 0.05) is 30.8 Å². The van der Waals surface area contributed by atoms with Crippen LogP contribution in [0, 0.1) is 5.82 Å². The zero-order valence-electron chi connectivity index (χ0n) is 16.2.